The molecule has 15 heteroatoms. The zero-order chi connectivity index (χ0) is 23.2. The van der Waals surface area contributed by atoms with Crippen LogP contribution in [0.3, 0.4) is 0 Å². The van der Waals surface area contributed by atoms with Crippen molar-refractivity contribution < 1.29 is 43.7 Å². The van der Waals surface area contributed by atoms with Gasteiger partial charge in [0.05, 0.1) is 23.7 Å². The molecule has 0 aliphatic heterocycles. The van der Waals surface area contributed by atoms with Crippen LogP contribution in [0.1, 0.15) is 10.5 Å². The topological polar surface area (TPSA) is 122 Å². The first kappa shape index (κ1) is 23.0. The molecular weight excluding hydrogens is 533 g/mol. The van der Waals surface area contributed by atoms with E-state index in [1.54, 1.807) is 0 Å². The van der Waals surface area contributed by atoms with Gasteiger partial charge in [-0.2, -0.15) is 21.6 Å². The lowest BCUT2D eigenvalue weighted by atomic mass is 10.2. The van der Waals surface area contributed by atoms with Crippen LogP contribution in [-0.2, 0) is 24.9 Å². The van der Waals surface area contributed by atoms with Crippen LogP contribution in [0, 0.1) is 0 Å². The van der Waals surface area contributed by atoms with Crippen molar-refractivity contribution in [2.45, 2.75) is 10.4 Å². The van der Waals surface area contributed by atoms with Crippen molar-refractivity contribution in [3.8, 4) is 5.75 Å². The molecule has 0 saturated carbocycles. The number of esters is 1. The highest BCUT2D eigenvalue weighted by Gasteiger charge is 2.49. The lowest BCUT2D eigenvalue weighted by Crippen LogP contribution is -2.29. The molecule has 0 atom stereocenters. The zero-order valence-corrected chi connectivity index (χ0v) is 18.3. The smallest absolute Gasteiger partial charge is 0.464 e. The van der Waals surface area contributed by atoms with E-state index in [2.05, 4.69) is 29.8 Å². The number of aromatic nitrogens is 2. The molecule has 3 rings (SSSR count). The van der Waals surface area contributed by atoms with Crippen molar-refractivity contribution in [3.63, 3.8) is 0 Å². The average molecular weight is 543 g/mol. The summed E-state index contributed by atoms with van der Waals surface area (Å²) < 4.78 is 97.2. The average Bonchev–Trinajstić information content (AvgIpc) is 3.12. The number of carbonyl (C=O) groups excluding carboxylic acids is 1. The normalized spacial score (nSPS) is 12.7. The van der Waals surface area contributed by atoms with Crippen LogP contribution in [0.4, 0.5) is 13.2 Å². The van der Waals surface area contributed by atoms with Gasteiger partial charge in [0.1, 0.15) is 0 Å². The lowest BCUT2D eigenvalue weighted by Gasteiger charge is -2.13. The van der Waals surface area contributed by atoms with Gasteiger partial charge in [-0.1, -0.05) is 15.9 Å². The molecule has 0 fully saturated rings. The predicted molar refractivity (Wildman–Crippen MR) is 103 cm³/mol. The Kier molecular flexibility index (Phi) is 5.79. The molecule has 0 N–H and O–H groups in total. The molecule has 0 spiro atoms. The Morgan fingerprint density at radius 2 is 1.71 bits per heavy atom. The summed E-state index contributed by atoms with van der Waals surface area (Å²) in [5, 5.41) is -0.427. The van der Waals surface area contributed by atoms with Crippen LogP contribution in [-0.4, -0.2) is 44.4 Å². The van der Waals surface area contributed by atoms with E-state index in [-0.39, 0.29) is 10.4 Å². The zero-order valence-electron chi connectivity index (χ0n) is 15.1. The molecule has 0 unspecified atom stereocenters. The van der Waals surface area contributed by atoms with Crippen molar-refractivity contribution >= 4 is 52.9 Å². The van der Waals surface area contributed by atoms with Crippen LogP contribution in [0.5, 0.6) is 5.75 Å². The Hall–Kier alpha value is -2.65. The number of carbonyl (C=O) groups is 1. The van der Waals surface area contributed by atoms with E-state index >= 15 is 0 Å². The number of hydrogen-bond donors (Lipinski definition) is 0. The number of halogens is 4. The maximum absolute atomic E-state index is 12.9. The maximum atomic E-state index is 12.9. The standard InChI is InChI=1S/C16H10BrF3N2O7S2/c1-28-15(23)13-14(29-31(26,27)16(18,19)20)11-6-7-22(12(11)8-21-13)30(24,25)10-4-2-9(17)3-5-10/h2-8H,1H3. The number of fused-ring (bicyclic) bond motifs is 1. The molecule has 3 aromatic rings. The second-order valence-electron chi connectivity index (χ2n) is 5.78. The Morgan fingerprint density at radius 3 is 2.26 bits per heavy atom. The number of alkyl halides is 3. The quantitative estimate of drug-likeness (QED) is 0.274. The van der Waals surface area contributed by atoms with Crippen molar-refractivity contribution in [2.75, 3.05) is 7.11 Å². The van der Waals surface area contributed by atoms with Gasteiger partial charge < -0.3 is 8.92 Å². The van der Waals surface area contributed by atoms with E-state index in [1.165, 1.54) is 24.3 Å². The monoisotopic (exact) mass is 542 g/mol. The number of nitrogens with zero attached hydrogens (tertiary/aromatic N) is 2. The fourth-order valence-corrected chi connectivity index (χ4v) is 4.55. The molecule has 166 valence electrons. The van der Waals surface area contributed by atoms with E-state index in [1.807, 2.05) is 0 Å². The number of pyridine rings is 1. The van der Waals surface area contributed by atoms with Gasteiger partial charge in [-0.15, -0.1) is 0 Å². The molecule has 2 heterocycles. The SMILES string of the molecule is COC(=O)c1ncc2c(ccn2S(=O)(=O)c2ccc(Br)cc2)c1OS(=O)(=O)C(F)(F)F. The van der Waals surface area contributed by atoms with Crippen LogP contribution in [0.15, 0.2) is 52.1 Å². The highest BCUT2D eigenvalue weighted by molar-refractivity contribution is 9.10. The van der Waals surface area contributed by atoms with E-state index in [9.17, 15) is 34.8 Å². The highest BCUT2D eigenvalue weighted by atomic mass is 79.9. The van der Waals surface area contributed by atoms with Crippen molar-refractivity contribution in [3.05, 3.63) is 52.9 Å². The number of rotatable bonds is 5. The summed E-state index contributed by atoms with van der Waals surface area (Å²) in [5.41, 5.74) is -7.03. The Bertz CT molecular complexity index is 1380. The molecule has 0 saturated heterocycles. The molecule has 0 amide bonds. The first-order valence-corrected chi connectivity index (χ1v) is 11.5. The summed E-state index contributed by atoms with van der Waals surface area (Å²) in [5.74, 6) is -2.41. The van der Waals surface area contributed by atoms with Gasteiger partial charge in [-0.05, 0) is 30.3 Å². The summed E-state index contributed by atoms with van der Waals surface area (Å²) in [6, 6.07) is 6.42. The summed E-state index contributed by atoms with van der Waals surface area (Å²) in [6.07, 6.45) is 1.82. The molecule has 31 heavy (non-hydrogen) atoms. The fraction of sp³-hybridized carbons (Fsp3) is 0.125. The van der Waals surface area contributed by atoms with Crippen molar-refractivity contribution in [2.24, 2.45) is 0 Å². The summed E-state index contributed by atoms with van der Waals surface area (Å²) in [6.45, 7) is 0. The molecule has 2 aromatic heterocycles. The first-order chi connectivity index (χ1) is 14.3. The molecule has 0 aliphatic carbocycles. The van der Waals surface area contributed by atoms with Gasteiger partial charge >= 0.3 is 21.6 Å². The minimum Gasteiger partial charge on any atom is -0.464 e. The van der Waals surface area contributed by atoms with Gasteiger partial charge in [-0.3, -0.25) is 0 Å². The molecule has 0 bridgehead atoms. The Morgan fingerprint density at radius 1 is 1.10 bits per heavy atom. The van der Waals surface area contributed by atoms with Gasteiger partial charge in [0.2, 0.25) is 0 Å². The van der Waals surface area contributed by atoms with E-state index in [0.717, 1.165) is 25.6 Å². The van der Waals surface area contributed by atoms with Gasteiger partial charge in [0.25, 0.3) is 10.0 Å². The Balaban J connectivity index is 2.27. The Labute approximate surface area is 181 Å². The molecule has 0 aliphatic rings. The number of methoxy groups -OCH3 is 1. The third kappa shape index (κ3) is 4.12. The number of benzene rings is 1. The van der Waals surface area contributed by atoms with Gasteiger partial charge in [0, 0.05) is 16.1 Å². The maximum Gasteiger partial charge on any atom is 0.534 e. The summed E-state index contributed by atoms with van der Waals surface area (Å²) in [7, 11) is -9.57. The lowest BCUT2D eigenvalue weighted by molar-refractivity contribution is -0.0500. The van der Waals surface area contributed by atoms with Crippen LogP contribution < -0.4 is 4.18 Å². The second-order valence-corrected chi connectivity index (χ2v) is 10.0. The van der Waals surface area contributed by atoms with Gasteiger partial charge in [0.15, 0.2) is 11.4 Å². The van der Waals surface area contributed by atoms with E-state index in [0.29, 0.717) is 8.45 Å². The number of ether oxygens (including phenoxy) is 1. The molecule has 1 aromatic carbocycles. The van der Waals surface area contributed by atoms with E-state index < -0.39 is 48.4 Å². The van der Waals surface area contributed by atoms with Crippen molar-refractivity contribution in [1.82, 2.24) is 8.96 Å². The van der Waals surface area contributed by atoms with Gasteiger partial charge in [-0.25, -0.2) is 22.2 Å². The van der Waals surface area contributed by atoms with Crippen LogP contribution in [0.2, 0.25) is 0 Å². The summed E-state index contributed by atoms with van der Waals surface area (Å²) >= 11 is 3.16. The third-order valence-electron chi connectivity index (χ3n) is 3.89. The first-order valence-electron chi connectivity index (χ1n) is 7.90. The second kappa shape index (κ2) is 7.80. The third-order valence-corrected chi connectivity index (χ3v) is 7.08. The molecular formula is C16H10BrF3N2O7S2. The van der Waals surface area contributed by atoms with Crippen LogP contribution in [0.25, 0.3) is 10.9 Å². The minimum atomic E-state index is -6.20. The summed E-state index contributed by atoms with van der Waals surface area (Å²) in [4.78, 5) is 15.3. The molecule has 9 nitrogen and oxygen atoms in total. The highest BCUT2D eigenvalue weighted by Crippen LogP contribution is 2.35. The largest absolute Gasteiger partial charge is 0.534 e. The minimum absolute atomic E-state index is 0.171. The predicted octanol–water partition coefficient (Wildman–Crippen LogP) is 3.05. The molecule has 0 radical (unpaired) electrons. The fourth-order valence-electron chi connectivity index (χ4n) is 2.47. The number of hydrogen-bond acceptors (Lipinski definition) is 8. The van der Waals surface area contributed by atoms with E-state index in [4.69, 9.17) is 0 Å². The van der Waals surface area contributed by atoms with Crippen molar-refractivity contribution in [1.29, 1.82) is 0 Å². The van der Waals surface area contributed by atoms with Crippen LogP contribution >= 0.6 is 15.9 Å².